The Hall–Kier alpha value is -3.80. The molecular weight excluding hydrogens is 420 g/mol. The molecule has 0 radical (unpaired) electrons. The number of ether oxygens (including phenoxy) is 2. The molecule has 0 spiro atoms. The Morgan fingerprint density at radius 1 is 1.32 bits per heavy atom. The number of imidazole rings is 1. The summed E-state index contributed by atoms with van der Waals surface area (Å²) in [6.45, 7) is 0.553. The standard InChI is InChI=1S/C19H18N8O3S/c1-21-15(28)3-5-27-18-16(17(20)22-8-23-18)25-19(27)31-14-7-13-12(29-9-30-13)6-10(14)11-2-4-24-26-11/h2,4,6-8H,3,5,9H2,1H3,(H,21,28)(H,24,26)(H2,20,22,23). The molecule has 0 aliphatic carbocycles. The molecule has 4 N–H and O–H groups in total. The lowest BCUT2D eigenvalue weighted by Gasteiger charge is -2.11. The number of benzene rings is 1. The van der Waals surface area contributed by atoms with Gasteiger partial charge in [0.05, 0.1) is 5.69 Å². The van der Waals surface area contributed by atoms with Crippen LogP contribution in [-0.2, 0) is 11.3 Å². The second-order valence-corrected chi connectivity index (χ2v) is 7.67. The fraction of sp³-hybridized carbons (Fsp3) is 0.211. The number of carbonyl (C=O) groups excluding carboxylic acids is 1. The maximum Gasteiger partial charge on any atom is 0.231 e. The Morgan fingerprint density at radius 2 is 2.16 bits per heavy atom. The van der Waals surface area contributed by atoms with E-state index in [1.54, 1.807) is 13.2 Å². The van der Waals surface area contributed by atoms with Crippen molar-refractivity contribution in [3.8, 4) is 22.8 Å². The highest BCUT2D eigenvalue weighted by atomic mass is 32.2. The van der Waals surface area contributed by atoms with Crippen LogP contribution < -0.4 is 20.5 Å². The van der Waals surface area contributed by atoms with Crippen molar-refractivity contribution in [2.45, 2.75) is 23.0 Å². The number of amides is 1. The van der Waals surface area contributed by atoms with Crippen molar-refractivity contribution in [1.29, 1.82) is 0 Å². The van der Waals surface area contributed by atoms with Gasteiger partial charge in [0.25, 0.3) is 0 Å². The number of hydrogen-bond donors (Lipinski definition) is 3. The highest BCUT2D eigenvalue weighted by Gasteiger charge is 2.23. The molecular formula is C19H18N8O3S. The van der Waals surface area contributed by atoms with Gasteiger partial charge in [0.2, 0.25) is 12.7 Å². The number of carbonyl (C=O) groups is 1. The fourth-order valence-corrected chi connectivity index (χ4v) is 4.33. The van der Waals surface area contributed by atoms with Gasteiger partial charge in [-0.1, -0.05) is 11.8 Å². The molecule has 4 aromatic rings. The van der Waals surface area contributed by atoms with Gasteiger partial charge in [-0.25, -0.2) is 15.0 Å². The van der Waals surface area contributed by atoms with Gasteiger partial charge in [-0.2, -0.15) is 5.10 Å². The Bertz CT molecular complexity index is 1270. The summed E-state index contributed by atoms with van der Waals surface area (Å²) in [7, 11) is 1.60. The topological polar surface area (TPSA) is 146 Å². The Labute approximate surface area is 180 Å². The van der Waals surface area contributed by atoms with Crippen LogP contribution in [0.15, 0.2) is 40.8 Å². The van der Waals surface area contributed by atoms with Crippen molar-refractivity contribution in [2.75, 3.05) is 19.6 Å². The predicted octanol–water partition coefficient (Wildman–Crippen LogP) is 1.81. The Kier molecular flexibility index (Phi) is 4.82. The monoisotopic (exact) mass is 438 g/mol. The smallest absolute Gasteiger partial charge is 0.231 e. The molecule has 0 bridgehead atoms. The van der Waals surface area contributed by atoms with Crippen LogP contribution in [0.2, 0.25) is 0 Å². The number of aromatic amines is 1. The normalized spacial score (nSPS) is 12.4. The van der Waals surface area contributed by atoms with E-state index in [0.717, 1.165) is 16.2 Å². The summed E-state index contributed by atoms with van der Waals surface area (Å²) in [5.74, 6) is 1.50. The van der Waals surface area contributed by atoms with Gasteiger partial charge in [0, 0.05) is 36.7 Å². The summed E-state index contributed by atoms with van der Waals surface area (Å²) in [5, 5.41) is 10.4. The number of H-pyrrole nitrogens is 1. The maximum atomic E-state index is 11.9. The third-order valence-corrected chi connectivity index (χ3v) is 5.87. The van der Waals surface area contributed by atoms with Crippen LogP contribution in [0.1, 0.15) is 6.42 Å². The molecule has 31 heavy (non-hydrogen) atoms. The summed E-state index contributed by atoms with van der Waals surface area (Å²) in [6.07, 6.45) is 3.41. The molecule has 0 fully saturated rings. The van der Waals surface area contributed by atoms with Gasteiger partial charge in [0.1, 0.15) is 6.33 Å². The molecule has 5 rings (SSSR count). The number of hydrogen-bond acceptors (Lipinski definition) is 9. The first kappa shape index (κ1) is 19.2. The van der Waals surface area contributed by atoms with E-state index in [2.05, 4.69) is 30.5 Å². The minimum Gasteiger partial charge on any atom is -0.454 e. The number of nitrogens with two attached hydrogens (primary N) is 1. The third kappa shape index (κ3) is 3.50. The minimum atomic E-state index is -0.0832. The van der Waals surface area contributed by atoms with Crippen LogP contribution >= 0.6 is 11.8 Å². The zero-order valence-corrected chi connectivity index (χ0v) is 17.3. The summed E-state index contributed by atoms with van der Waals surface area (Å²) >= 11 is 1.41. The molecule has 158 valence electrons. The van der Waals surface area contributed by atoms with E-state index in [-0.39, 0.29) is 24.9 Å². The molecule has 3 aromatic heterocycles. The molecule has 0 saturated heterocycles. The quantitative estimate of drug-likeness (QED) is 0.410. The van der Waals surface area contributed by atoms with E-state index in [1.807, 2.05) is 22.8 Å². The predicted molar refractivity (Wildman–Crippen MR) is 113 cm³/mol. The van der Waals surface area contributed by atoms with Gasteiger partial charge in [-0.15, -0.1) is 0 Å². The lowest BCUT2D eigenvalue weighted by atomic mass is 10.1. The lowest BCUT2D eigenvalue weighted by molar-refractivity contribution is -0.120. The maximum absolute atomic E-state index is 11.9. The Balaban J connectivity index is 1.61. The molecule has 12 heteroatoms. The van der Waals surface area contributed by atoms with Crippen molar-refractivity contribution in [2.24, 2.45) is 0 Å². The first-order valence-electron chi connectivity index (χ1n) is 9.43. The average molecular weight is 438 g/mol. The SMILES string of the molecule is CNC(=O)CCn1c(Sc2cc3c(cc2-c2cc[nH]n2)OCO3)nc2c(N)ncnc21. The van der Waals surface area contributed by atoms with Crippen molar-refractivity contribution in [1.82, 2.24) is 35.0 Å². The van der Waals surface area contributed by atoms with Crippen molar-refractivity contribution >= 4 is 34.7 Å². The van der Waals surface area contributed by atoms with Gasteiger partial charge in [-0.05, 0) is 18.2 Å². The number of rotatable bonds is 6. The van der Waals surface area contributed by atoms with E-state index in [0.29, 0.717) is 34.4 Å². The molecule has 11 nitrogen and oxygen atoms in total. The highest BCUT2D eigenvalue weighted by molar-refractivity contribution is 7.99. The highest BCUT2D eigenvalue weighted by Crippen LogP contribution is 2.44. The number of nitrogens with zero attached hydrogens (tertiary/aromatic N) is 5. The zero-order valence-electron chi connectivity index (χ0n) is 16.5. The molecule has 4 heterocycles. The molecule has 0 unspecified atom stereocenters. The number of nitrogen functional groups attached to an aromatic ring is 1. The number of nitrogens with one attached hydrogen (secondary N) is 2. The van der Waals surface area contributed by atoms with E-state index in [1.165, 1.54) is 18.1 Å². The van der Waals surface area contributed by atoms with Crippen molar-refractivity contribution < 1.29 is 14.3 Å². The van der Waals surface area contributed by atoms with Crippen LogP contribution in [0, 0.1) is 0 Å². The number of fused-ring (bicyclic) bond motifs is 2. The van der Waals surface area contributed by atoms with Crippen LogP contribution in [0.4, 0.5) is 5.82 Å². The van der Waals surface area contributed by atoms with Gasteiger partial charge in [-0.3, -0.25) is 9.89 Å². The summed E-state index contributed by atoms with van der Waals surface area (Å²) in [4.78, 5) is 25.8. The van der Waals surface area contributed by atoms with Crippen molar-refractivity contribution in [3.63, 3.8) is 0 Å². The van der Waals surface area contributed by atoms with Gasteiger partial charge in [0.15, 0.2) is 33.6 Å². The Morgan fingerprint density at radius 3 is 2.94 bits per heavy atom. The summed E-state index contributed by atoms with van der Waals surface area (Å²) in [5.41, 5.74) is 8.71. The van der Waals surface area contributed by atoms with Gasteiger partial charge >= 0.3 is 0 Å². The fourth-order valence-electron chi connectivity index (χ4n) is 3.27. The third-order valence-electron chi connectivity index (χ3n) is 4.82. The molecule has 1 aliphatic rings. The second-order valence-electron chi connectivity index (χ2n) is 6.66. The minimum absolute atomic E-state index is 0.0832. The number of aryl methyl sites for hydroxylation is 1. The summed E-state index contributed by atoms with van der Waals surface area (Å²) in [6, 6.07) is 5.67. The van der Waals surface area contributed by atoms with Crippen LogP contribution in [0.25, 0.3) is 22.4 Å². The number of anilines is 1. The molecule has 1 aliphatic heterocycles. The summed E-state index contributed by atoms with van der Waals surface area (Å²) < 4.78 is 13.0. The van der Waals surface area contributed by atoms with Crippen LogP contribution in [0.3, 0.4) is 0 Å². The van der Waals surface area contributed by atoms with E-state index >= 15 is 0 Å². The van der Waals surface area contributed by atoms with Crippen LogP contribution in [0.5, 0.6) is 11.5 Å². The molecule has 0 saturated carbocycles. The second kappa shape index (κ2) is 7.80. The van der Waals surface area contributed by atoms with E-state index in [9.17, 15) is 4.79 Å². The van der Waals surface area contributed by atoms with E-state index < -0.39 is 0 Å². The first-order chi connectivity index (χ1) is 15.1. The average Bonchev–Trinajstić information content (AvgIpc) is 3.52. The lowest BCUT2D eigenvalue weighted by Crippen LogP contribution is -2.19. The van der Waals surface area contributed by atoms with Gasteiger partial charge < -0.3 is 25.1 Å². The molecule has 0 atom stereocenters. The largest absolute Gasteiger partial charge is 0.454 e. The molecule has 1 aromatic carbocycles. The van der Waals surface area contributed by atoms with E-state index in [4.69, 9.17) is 15.2 Å². The first-order valence-corrected chi connectivity index (χ1v) is 10.2. The molecule has 1 amide bonds. The zero-order chi connectivity index (χ0) is 21.4. The van der Waals surface area contributed by atoms with Crippen LogP contribution in [-0.4, -0.2) is 49.5 Å². The van der Waals surface area contributed by atoms with Crippen molar-refractivity contribution in [3.05, 3.63) is 30.7 Å². The number of aromatic nitrogens is 6.